The topological polar surface area (TPSA) is 63.7 Å². The van der Waals surface area contributed by atoms with Crippen LogP contribution in [0.3, 0.4) is 0 Å². The van der Waals surface area contributed by atoms with Crippen LogP contribution in [0.2, 0.25) is 0 Å². The molecule has 0 bridgehead atoms. The number of ether oxygens (including phenoxy) is 1. The van der Waals surface area contributed by atoms with Crippen molar-refractivity contribution in [3.05, 3.63) is 64.7 Å². The molecule has 1 atom stereocenters. The molecule has 5 nitrogen and oxygen atoms in total. The third-order valence-corrected chi connectivity index (χ3v) is 5.57. The highest BCUT2D eigenvalue weighted by atomic mass is 32.2. The highest BCUT2D eigenvalue weighted by molar-refractivity contribution is 8.14. The number of anilines is 1. The number of benzene rings is 2. The number of carbonyl (C=O) groups is 3. The standard InChI is InChI=1S/C22H25NO4S/c1-14-11-12-15(2)20(16(14)3)23(17(4)21(25)27-5)19(24)13-28-22(26)18-9-7-6-8-10-18/h6-12,17H,13H2,1-5H3/t17-/m0/s1. The second kappa shape index (κ2) is 9.55. The molecule has 0 saturated carbocycles. The molecule has 0 aliphatic rings. The van der Waals surface area contributed by atoms with Gasteiger partial charge in [-0.1, -0.05) is 54.2 Å². The average Bonchev–Trinajstić information content (AvgIpc) is 2.71. The molecule has 2 rings (SSSR count). The number of esters is 1. The van der Waals surface area contributed by atoms with E-state index in [0.29, 0.717) is 11.3 Å². The van der Waals surface area contributed by atoms with E-state index in [1.165, 1.54) is 12.0 Å². The van der Waals surface area contributed by atoms with Crippen LogP contribution in [0.15, 0.2) is 42.5 Å². The number of hydrogen-bond donors (Lipinski definition) is 0. The summed E-state index contributed by atoms with van der Waals surface area (Å²) in [6.07, 6.45) is 0. The van der Waals surface area contributed by atoms with Crippen molar-refractivity contribution in [1.82, 2.24) is 0 Å². The van der Waals surface area contributed by atoms with Gasteiger partial charge in [-0.05, 0) is 44.4 Å². The molecule has 28 heavy (non-hydrogen) atoms. The minimum Gasteiger partial charge on any atom is -0.467 e. The van der Waals surface area contributed by atoms with Crippen molar-refractivity contribution >= 4 is 34.4 Å². The number of amides is 1. The molecule has 0 N–H and O–H groups in total. The van der Waals surface area contributed by atoms with Gasteiger partial charge >= 0.3 is 5.97 Å². The molecule has 0 radical (unpaired) electrons. The Morgan fingerprint density at radius 1 is 1.00 bits per heavy atom. The third kappa shape index (κ3) is 4.81. The maximum Gasteiger partial charge on any atom is 0.328 e. The van der Waals surface area contributed by atoms with Crippen LogP contribution < -0.4 is 4.90 Å². The van der Waals surface area contributed by atoms with Crippen LogP contribution in [-0.4, -0.2) is 35.9 Å². The van der Waals surface area contributed by atoms with E-state index in [1.54, 1.807) is 31.2 Å². The number of carbonyl (C=O) groups excluding carboxylic acids is 3. The summed E-state index contributed by atoms with van der Waals surface area (Å²) in [5.74, 6) is -0.890. The lowest BCUT2D eigenvalue weighted by atomic mass is 10.0. The molecule has 0 spiro atoms. The van der Waals surface area contributed by atoms with Gasteiger partial charge in [-0.15, -0.1) is 0 Å². The van der Waals surface area contributed by atoms with Crippen LogP contribution in [-0.2, 0) is 14.3 Å². The van der Waals surface area contributed by atoms with Gasteiger partial charge in [0, 0.05) is 5.56 Å². The van der Waals surface area contributed by atoms with Crippen LogP contribution in [0.5, 0.6) is 0 Å². The van der Waals surface area contributed by atoms with Crippen molar-refractivity contribution in [2.24, 2.45) is 0 Å². The fraction of sp³-hybridized carbons (Fsp3) is 0.318. The van der Waals surface area contributed by atoms with Gasteiger partial charge in [-0.25, -0.2) is 4.79 Å². The van der Waals surface area contributed by atoms with Gasteiger partial charge < -0.3 is 4.74 Å². The van der Waals surface area contributed by atoms with Crippen LogP contribution in [0.25, 0.3) is 0 Å². The molecule has 0 heterocycles. The van der Waals surface area contributed by atoms with Gasteiger partial charge in [-0.2, -0.15) is 0 Å². The summed E-state index contributed by atoms with van der Waals surface area (Å²) < 4.78 is 4.86. The van der Waals surface area contributed by atoms with Crippen LogP contribution in [0.4, 0.5) is 5.69 Å². The molecule has 1 amide bonds. The largest absolute Gasteiger partial charge is 0.467 e. The minimum atomic E-state index is -0.802. The molecule has 6 heteroatoms. The maximum atomic E-state index is 13.1. The molecular weight excluding hydrogens is 374 g/mol. The lowest BCUT2D eigenvalue weighted by Gasteiger charge is -2.31. The van der Waals surface area contributed by atoms with E-state index in [9.17, 15) is 14.4 Å². The van der Waals surface area contributed by atoms with Crippen molar-refractivity contribution < 1.29 is 19.1 Å². The summed E-state index contributed by atoms with van der Waals surface area (Å²) in [5.41, 5.74) is 4.05. The molecular formula is C22H25NO4S. The quantitative estimate of drug-likeness (QED) is 0.685. The van der Waals surface area contributed by atoms with E-state index in [1.807, 2.05) is 39.0 Å². The molecule has 0 saturated heterocycles. The van der Waals surface area contributed by atoms with Crippen molar-refractivity contribution in [2.45, 2.75) is 33.7 Å². The number of hydrogen-bond acceptors (Lipinski definition) is 5. The second-order valence-electron chi connectivity index (χ2n) is 6.58. The zero-order chi connectivity index (χ0) is 20.8. The first-order valence-corrected chi connectivity index (χ1v) is 9.95. The van der Waals surface area contributed by atoms with Crippen LogP contribution in [0, 0.1) is 20.8 Å². The Balaban J connectivity index is 2.32. The Hall–Kier alpha value is -2.60. The summed E-state index contributed by atoms with van der Waals surface area (Å²) in [4.78, 5) is 39.1. The van der Waals surface area contributed by atoms with Gasteiger partial charge in [0.1, 0.15) is 6.04 Å². The molecule has 2 aromatic carbocycles. The lowest BCUT2D eigenvalue weighted by molar-refractivity contribution is -0.142. The van der Waals surface area contributed by atoms with E-state index in [-0.39, 0.29) is 16.8 Å². The van der Waals surface area contributed by atoms with Crippen molar-refractivity contribution in [3.8, 4) is 0 Å². The summed E-state index contributed by atoms with van der Waals surface area (Å²) in [6, 6.07) is 11.9. The summed E-state index contributed by atoms with van der Waals surface area (Å²) >= 11 is 0.931. The molecule has 148 valence electrons. The van der Waals surface area contributed by atoms with Crippen LogP contribution in [0.1, 0.15) is 34.0 Å². The molecule has 0 fully saturated rings. The highest BCUT2D eigenvalue weighted by Gasteiger charge is 2.31. The molecule has 0 aliphatic heterocycles. The number of methoxy groups -OCH3 is 1. The van der Waals surface area contributed by atoms with Crippen molar-refractivity contribution in [3.63, 3.8) is 0 Å². The van der Waals surface area contributed by atoms with Gasteiger partial charge in [0.2, 0.25) is 11.0 Å². The van der Waals surface area contributed by atoms with E-state index < -0.39 is 12.0 Å². The van der Waals surface area contributed by atoms with E-state index in [0.717, 1.165) is 28.5 Å². The highest BCUT2D eigenvalue weighted by Crippen LogP contribution is 2.30. The van der Waals surface area contributed by atoms with E-state index >= 15 is 0 Å². The number of rotatable bonds is 6. The minimum absolute atomic E-state index is 0.0676. The average molecular weight is 400 g/mol. The zero-order valence-electron chi connectivity index (χ0n) is 16.8. The third-order valence-electron chi connectivity index (χ3n) is 4.68. The lowest BCUT2D eigenvalue weighted by Crippen LogP contribution is -2.46. The first kappa shape index (κ1) is 21.7. The van der Waals surface area contributed by atoms with Gasteiger partial charge in [-0.3, -0.25) is 14.5 Å². The first-order valence-electron chi connectivity index (χ1n) is 8.96. The van der Waals surface area contributed by atoms with Crippen molar-refractivity contribution in [1.29, 1.82) is 0 Å². The summed E-state index contributed by atoms with van der Waals surface area (Å²) in [7, 11) is 1.30. The normalized spacial score (nSPS) is 11.6. The van der Waals surface area contributed by atoms with Gasteiger partial charge in [0.15, 0.2) is 0 Å². The number of nitrogens with zero attached hydrogens (tertiary/aromatic N) is 1. The fourth-order valence-corrected chi connectivity index (χ4v) is 3.67. The Morgan fingerprint density at radius 3 is 2.21 bits per heavy atom. The van der Waals surface area contributed by atoms with Gasteiger partial charge in [0.25, 0.3) is 0 Å². The number of aryl methyl sites for hydroxylation is 2. The zero-order valence-corrected chi connectivity index (χ0v) is 17.6. The Morgan fingerprint density at radius 2 is 1.61 bits per heavy atom. The summed E-state index contributed by atoms with van der Waals surface area (Å²) in [6.45, 7) is 7.41. The van der Waals surface area contributed by atoms with E-state index in [2.05, 4.69) is 0 Å². The second-order valence-corrected chi connectivity index (χ2v) is 7.53. The van der Waals surface area contributed by atoms with Crippen molar-refractivity contribution in [2.75, 3.05) is 17.8 Å². The Labute approximate surface area is 170 Å². The molecule has 0 aliphatic carbocycles. The van der Waals surface area contributed by atoms with Crippen LogP contribution >= 0.6 is 11.8 Å². The molecule has 2 aromatic rings. The Bertz CT molecular complexity index is 880. The predicted octanol–water partition coefficient (Wildman–Crippen LogP) is 4.08. The maximum absolute atomic E-state index is 13.1. The summed E-state index contributed by atoms with van der Waals surface area (Å²) in [5, 5.41) is -0.183. The first-order chi connectivity index (χ1) is 13.3. The SMILES string of the molecule is COC(=O)[C@H](C)N(C(=O)CSC(=O)c1ccccc1)c1c(C)ccc(C)c1C. The van der Waals surface area contributed by atoms with Gasteiger partial charge in [0.05, 0.1) is 18.6 Å². The molecule has 0 unspecified atom stereocenters. The number of thioether (sulfide) groups is 1. The Kier molecular flexibility index (Phi) is 7.40. The smallest absolute Gasteiger partial charge is 0.328 e. The fourth-order valence-electron chi connectivity index (χ4n) is 2.97. The molecule has 0 aromatic heterocycles. The monoisotopic (exact) mass is 399 g/mol. The van der Waals surface area contributed by atoms with E-state index in [4.69, 9.17) is 4.74 Å². The predicted molar refractivity (Wildman–Crippen MR) is 113 cm³/mol.